The molecule has 7 heteroatoms. The predicted molar refractivity (Wildman–Crippen MR) is 142 cm³/mol. The van der Waals surface area contributed by atoms with Crippen LogP contribution in [0.1, 0.15) is 70.1 Å². The number of rotatable bonds is 5. The summed E-state index contributed by atoms with van der Waals surface area (Å²) in [5, 5.41) is 7.76. The molecule has 2 amide bonds. The maximum atomic E-state index is 13.4. The summed E-state index contributed by atoms with van der Waals surface area (Å²) in [5.41, 5.74) is 5.61. The molecule has 0 saturated heterocycles. The van der Waals surface area contributed by atoms with E-state index in [1.165, 1.54) is 0 Å². The minimum atomic E-state index is -0.268. The number of nitrogens with one attached hydrogen (secondary N) is 2. The van der Waals surface area contributed by atoms with Crippen molar-refractivity contribution in [2.45, 2.75) is 46.7 Å². The van der Waals surface area contributed by atoms with Crippen molar-refractivity contribution in [3.05, 3.63) is 107 Å². The smallest absolute Gasteiger partial charge is 0.276 e. The first kappa shape index (κ1) is 25.0. The number of hydrogen-bond donors (Lipinski definition) is 2. The first-order chi connectivity index (χ1) is 17.5. The molecular weight excluding hydrogens is 450 g/mol. The number of fused-ring (bicyclic) bond motifs is 1. The van der Waals surface area contributed by atoms with Crippen LogP contribution in [0, 0.1) is 6.92 Å². The Kier molecular flexibility index (Phi) is 7.68. The third-order valence-electron chi connectivity index (χ3n) is 6.19. The van der Waals surface area contributed by atoms with E-state index in [1.54, 1.807) is 17.2 Å². The summed E-state index contributed by atoms with van der Waals surface area (Å²) in [6.45, 7) is 9.53. The molecule has 2 aromatic carbocycles. The van der Waals surface area contributed by atoms with Gasteiger partial charge in [-0.15, -0.1) is 0 Å². The van der Waals surface area contributed by atoms with Crippen molar-refractivity contribution in [3.63, 3.8) is 0 Å². The molecule has 7 nitrogen and oxygen atoms in total. The minimum Gasteiger partial charge on any atom is -0.357 e. The summed E-state index contributed by atoms with van der Waals surface area (Å²) in [4.78, 5) is 31.3. The molecule has 5 rings (SSSR count). The number of aryl methyl sites for hydroxylation is 1. The van der Waals surface area contributed by atoms with E-state index in [2.05, 4.69) is 29.4 Å². The molecule has 186 valence electrons. The van der Waals surface area contributed by atoms with Crippen molar-refractivity contribution in [3.8, 4) is 0 Å². The van der Waals surface area contributed by atoms with Crippen LogP contribution in [0.25, 0.3) is 0 Å². The van der Waals surface area contributed by atoms with Gasteiger partial charge in [0.15, 0.2) is 5.69 Å². The summed E-state index contributed by atoms with van der Waals surface area (Å²) >= 11 is 0. The van der Waals surface area contributed by atoms with Gasteiger partial charge in [0, 0.05) is 35.6 Å². The fraction of sp³-hybridized carbons (Fsp3) is 0.276. The standard InChI is InChI=1S/C27H27N5O2.C2H6/c1-18-8-6-11-21(14-18)29-26(33)24-22-17-31(27(34)23-12-7-13-28-23)15-19(2)25(22)32(30-24)16-20-9-4-3-5-10-20;1-2/h3-14,19,28H,15-17H2,1-2H3,(H,29,33);1-2H3. The fourth-order valence-electron chi connectivity index (χ4n) is 4.65. The van der Waals surface area contributed by atoms with Gasteiger partial charge < -0.3 is 15.2 Å². The van der Waals surface area contributed by atoms with Crippen molar-refractivity contribution in [2.24, 2.45) is 0 Å². The maximum Gasteiger partial charge on any atom is 0.276 e. The van der Waals surface area contributed by atoms with Gasteiger partial charge >= 0.3 is 0 Å². The Morgan fingerprint density at radius 3 is 2.53 bits per heavy atom. The zero-order valence-electron chi connectivity index (χ0n) is 21.3. The van der Waals surface area contributed by atoms with E-state index in [0.717, 1.165) is 28.1 Å². The van der Waals surface area contributed by atoms with Crippen molar-refractivity contribution in [1.82, 2.24) is 19.7 Å². The summed E-state index contributed by atoms with van der Waals surface area (Å²) < 4.78 is 1.93. The Morgan fingerprint density at radius 1 is 1.06 bits per heavy atom. The largest absolute Gasteiger partial charge is 0.357 e. The molecule has 1 atom stereocenters. The number of carbonyl (C=O) groups excluding carboxylic acids is 2. The molecule has 2 aromatic heterocycles. The second-order valence-corrected chi connectivity index (χ2v) is 8.85. The first-order valence-corrected chi connectivity index (χ1v) is 12.4. The molecular formula is C29H33N5O2. The molecule has 3 heterocycles. The van der Waals surface area contributed by atoms with E-state index >= 15 is 0 Å². The first-order valence-electron chi connectivity index (χ1n) is 12.4. The molecule has 0 spiro atoms. The Hall–Kier alpha value is -4.13. The molecule has 36 heavy (non-hydrogen) atoms. The Morgan fingerprint density at radius 2 is 1.83 bits per heavy atom. The Labute approximate surface area is 212 Å². The number of hydrogen-bond acceptors (Lipinski definition) is 3. The molecule has 1 aliphatic heterocycles. The summed E-state index contributed by atoms with van der Waals surface area (Å²) in [6, 6.07) is 21.3. The minimum absolute atomic E-state index is 0.0272. The van der Waals surface area contributed by atoms with Crippen molar-refractivity contribution >= 4 is 17.5 Å². The highest BCUT2D eigenvalue weighted by atomic mass is 16.2. The number of carbonyl (C=O) groups is 2. The van der Waals surface area contributed by atoms with Crippen LogP contribution in [-0.4, -0.2) is 38.0 Å². The molecule has 4 aromatic rings. The van der Waals surface area contributed by atoms with Crippen molar-refractivity contribution in [2.75, 3.05) is 11.9 Å². The maximum absolute atomic E-state index is 13.4. The lowest BCUT2D eigenvalue weighted by molar-refractivity contribution is 0.0711. The predicted octanol–water partition coefficient (Wildman–Crippen LogP) is 5.61. The lowest BCUT2D eigenvalue weighted by atomic mass is 9.95. The molecule has 0 bridgehead atoms. The van der Waals surface area contributed by atoms with E-state index in [1.807, 2.05) is 74.0 Å². The molecule has 0 fully saturated rings. The zero-order chi connectivity index (χ0) is 25.7. The molecule has 0 aliphatic carbocycles. The van der Waals surface area contributed by atoms with Crippen LogP contribution in [0.3, 0.4) is 0 Å². The number of aromatic amines is 1. The highest BCUT2D eigenvalue weighted by Gasteiger charge is 2.34. The molecule has 0 radical (unpaired) electrons. The molecule has 2 N–H and O–H groups in total. The van der Waals surface area contributed by atoms with Crippen LogP contribution in [0.4, 0.5) is 5.69 Å². The van der Waals surface area contributed by atoms with E-state index in [4.69, 9.17) is 5.10 Å². The third-order valence-corrected chi connectivity index (χ3v) is 6.19. The van der Waals surface area contributed by atoms with Gasteiger partial charge in [-0.2, -0.15) is 5.10 Å². The topological polar surface area (TPSA) is 83.0 Å². The zero-order valence-corrected chi connectivity index (χ0v) is 21.3. The average molecular weight is 484 g/mol. The number of nitrogens with zero attached hydrogens (tertiary/aromatic N) is 3. The Bertz CT molecular complexity index is 1330. The highest BCUT2D eigenvalue weighted by molar-refractivity contribution is 6.04. The summed E-state index contributed by atoms with van der Waals surface area (Å²) in [5.74, 6) is -0.321. The van der Waals surface area contributed by atoms with Crippen LogP contribution >= 0.6 is 0 Å². The average Bonchev–Trinajstić information content (AvgIpc) is 3.54. The normalized spacial score (nSPS) is 14.4. The molecule has 1 aliphatic rings. The third kappa shape index (κ3) is 5.25. The number of aromatic nitrogens is 3. The number of benzene rings is 2. The van der Waals surface area contributed by atoms with Gasteiger partial charge in [-0.1, -0.05) is 63.2 Å². The van der Waals surface area contributed by atoms with Crippen LogP contribution in [0.2, 0.25) is 0 Å². The van der Waals surface area contributed by atoms with E-state index in [0.29, 0.717) is 31.0 Å². The van der Waals surface area contributed by atoms with Gasteiger partial charge in [0.25, 0.3) is 11.8 Å². The van der Waals surface area contributed by atoms with Gasteiger partial charge in [0.05, 0.1) is 13.1 Å². The van der Waals surface area contributed by atoms with Crippen molar-refractivity contribution < 1.29 is 9.59 Å². The van der Waals surface area contributed by atoms with Gasteiger partial charge in [-0.25, -0.2) is 0 Å². The number of H-pyrrole nitrogens is 1. The van der Waals surface area contributed by atoms with Crippen LogP contribution < -0.4 is 5.32 Å². The van der Waals surface area contributed by atoms with Crippen LogP contribution in [-0.2, 0) is 13.1 Å². The van der Waals surface area contributed by atoms with E-state index < -0.39 is 0 Å². The van der Waals surface area contributed by atoms with Gasteiger partial charge in [0.1, 0.15) is 5.69 Å². The monoisotopic (exact) mass is 483 g/mol. The van der Waals surface area contributed by atoms with E-state index in [9.17, 15) is 9.59 Å². The van der Waals surface area contributed by atoms with Gasteiger partial charge in [-0.05, 0) is 42.3 Å². The lowest BCUT2D eigenvalue weighted by Crippen LogP contribution is -2.38. The quantitative estimate of drug-likeness (QED) is 0.387. The van der Waals surface area contributed by atoms with Gasteiger partial charge in [-0.3, -0.25) is 14.3 Å². The van der Waals surface area contributed by atoms with Crippen LogP contribution in [0.5, 0.6) is 0 Å². The second-order valence-electron chi connectivity index (χ2n) is 8.85. The fourth-order valence-corrected chi connectivity index (χ4v) is 4.65. The van der Waals surface area contributed by atoms with Crippen LogP contribution in [0.15, 0.2) is 72.9 Å². The van der Waals surface area contributed by atoms with Gasteiger partial charge in [0.2, 0.25) is 0 Å². The summed E-state index contributed by atoms with van der Waals surface area (Å²) in [6.07, 6.45) is 1.74. The highest BCUT2D eigenvalue weighted by Crippen LogP contribution is 2.32. The van der Waals surface area contributed by atoms with E-state index in [-0.39, 0.29) is 17.7 Å². The number of anilines is 1. The van der Waals surface area contributed by atoms with Crippen molar-refractivity contribution in [1.29, 1.82) is 0 Å². The summed E-state index contributed by atoms with van der Waals surface area (Å²) in [7, 11) is 0. The SMILES string of the molecule is CC.Cc1cccc(NC(=O)c2nn(Cc3ccccc3)c3c2CN(C(=O)c2ccc[nH]2)CC3C)c1. The Balaban J connectivity index is 0.00000148. The number of amides is 2. The second kappa shape index (κ2) is 11.1. The molecule has 1 unspecified atom stereocenters. The molecule has 0 saturated carbocycles. The lowest BCUT2D eigenvalue weighted by Gasteiger charge is -2.32.